The second-order valence-corrected chi connectivity index (χ2v) is 10.2. The Labute approximate surface area is 168 Å². The summed E-state index contributed by atoms with van der Waals surface area (Å²) in [5, 5.41) is 0. The molecule has 1 aliphatic heterocycles. The Morgan fingerprint density at radius 1 is 1.11 bits per heavy atom. The number of hydrogen-bond donors (Lipinski definition) is 0. The highest BCUT2D eigenvalue weighted by molar-refractivity contribution is 5.83. The van der Waals surface area contributed by atoms with Crippen LogP contribution in [-0.2, 0) is 11.2 Å². The van der Waals surface area contributed by atoms with E-state index in [9.17, 15) is 9.18 Å². The fourth-order valence-electron chi connectivity index (χ4n) is 7.18. The molecule has 4 bridgehead atoms. The molecule has 6 rings (SSSR count). The summed E-state index contributed by atoms with van der Waals surface area (Å²) in [5.41, 5.74) is 1.16. The van der Waals surface area contributed by atoms with Crippen molar-refractivity contribution in [3.8, 4) is 0 Å². The Hall–Kier alpha value is -1.42. The number of hydrogen-bond acceptors (Lipinski definition) is 2. The average Bonchev–Trinajstić information content (AvgIpc) is 3.14. The Morgan fingerprint density at radius 2 is 1.71 bits per heavy atom. The monoisotopic (exact) mass is 384 g/mol. The molecule has 1 aromatic carbocycles. The zero-order chi connectivity index (χ0) is 19.3. The molecule has 5 fully saturated rings. The summed E-state index contributed by atoms with van der Waals surface area (Å²) in [7, 11) is 2.06. The molecule has 152 valence electrons. The predicted octanol–water partition coefficient (Wildman–Crippen LogP) is 4.12. The third kappa shape index (κ3) is 3.38. The maximum Gasteiger partial charge on any atom is 0.228 e. The fraction of sp³-hybridized carbons (Fsp3) is 0.708. The van der Waals surface area contributed by atoms with Crippen molar-refractivity contribution < 1.29 is 9.18 Å². The van der Waals surface area contributed by atoms with Gasteiger partial charge in [0.1, 0.15) is 5.82 Å². The van der Waals surface area contributed by atoms with Crippen molar-refractivity contribution in [2.24, 2.45) is 23.2 Å². The number of nitrogens with zero attached hydrogens (tertiary/aromatic N) is 2. The Morgan fingerprint density at radius 3 is 2.32 bits per heavy atom. The molecule has 28 heavy (non-hydrogen) atoms. The molecule has 0 radical (unpaired) electrons. The van der Waals surface area contributed by atoms with Crippen molar-refractivity contribution in [2.45, 2.75) is 57.4 Å². The van der Waals surface area contributed by atoms with Crippen LogP contribution in [0.5, 0.6) is 0 Å². The highest BCUT2D eigenvalue weighted by atomic mass is 19.1. The van der Waals surface area contributed by atoms with Gasteiger partial charge in [0.2, 0.25) is 5.91 Å². The van der Waals surface area contributed by atoms with Crippen molar-refractivity contribution in [1.82, 2.24) is 9.80 Å². The van der Waals surface area contributed by atoms with Gasteiger partial charge in [0.15, 0.2) is 0 Å². The Balaban J connectivity index is 1.18. The number of amides is 1. The molecule has 3 nitrogen and oxygen atoms in total. The van der Waals surface area contributed by atoms with E-state index >= 15 is 0 Å². The van der Waals surface area contributed by atoms with Crippen LogP contribution >= 0.6 is 0 Å². The number of benzene rings is 1. The van der Waals surface area contributed by atoms with Gasteiger partial charge >= 0.3 is 0 Å². The van der Waals surface area contributed by atoms with Gasteiger partial charge in [-0.3, -0.25) is 4.79 Å². The average molecular weight is 385 g/mol. The molecule has 4 heteroatoms. The molecule has 0 N–H and O–H groups in total. The molecule has 5 aliphatic rings. The fourth-order valence-corrected chi connectivity index (χ4v) is 7.18. The van der Waals surface area contributed by atoms with E-state index in [4.69, 9.17) is 0 Å². The third-order valence-corrected chi connectivity index (χ3v) is 8.24. The second kappa shape index (κ2) is 7.12. The molecule has 1 aromatic rings. The van der Waals surface area contributed by atoms with E-state index < -0.39 is 0 Å². The lowest BCUT2D eigenvalue weighted by Gasteiger charge is -2.56. The van der Waals surface area contributed by atoms with Crippen molar-refractivity contribution >= 4 is 5.91 Å². The summed E-state index contributed by atoms with van der Waals surface area (Å²) in [4.78, 5) is 18.2. The van der Waals surface area contributed by atoms with Gasteiger partial charge in [-0.2, -0.15) is 0 Å². The van der Waals surface area contributed by atoms with Crippen molar-refractivity contribution in [3.63, 3.8) is 0 Å². The predicted molar refractivity (Wildman–Crippen MR) is 108 cm³/mol. The quantitative estimate of drug-likeness (QED) is 0.762. The Kier molecular flexibility index (Phi) is 4.73. The molecule has 4 saturated carbocycles. The molecule has 0 spiro atoms. The van der Waals surface area contributed by atoms with Crippen molar-refractivity contribution in [1.29, 1.82) is 0 Å². The summed E-state index contributed by atoms with van der Waals surface area (Å²) in [6.07, 6.45) is 9.65. The van der Waals surface area contributed by atoms with E-state index in [1.54, 1.807) is 12.1 Å². The normalized spacial score (nSPS) is 36.8. The number of likely N-dealkylation sites (N-methyl/N-ethyl adjacent to an activating group) is 1. The van der Waals surface area contributed by atoms with Gasteiger partial charge in [-0.15, -0.1) is 0 Å². The number of rotatable bonds is 5. The summed E-state index contributed by atoms with van der Waals surface area (Å²) < 4.78 is 13.1. The first kappa shape index (κ1) is 18.6. The molecule has 0 aromatic heterocycles. The van der Waals surface area contributed by atoms with E-state index in [0.717, 1.165) is 69.5 Å². The minimum atomic E-state index is -0.171. The third-order valence-electron chi connectivity index (χ3n) is 8.24. The summed E-state index contributed by atoms with van der Waals surface area (Å²) in [5.74, 6) is 2.74. The molecule has 1 atom stereocenters. The first-order valence-corrected chi connectivity index (χ1v) is 11.2. The van der Waals surface area contributed by atoms with Crippen LogP contribution in [0, 0.1) is 29.0 Å². The Bertz CT molecular complexity index is 695. The van der Waals surface area contributed by atoms with Crippen LogP contribution in [0.25, 0.3) is 0 Å². The van der Waals surface area contributed by atoms with Crippen LogP contribution in [0.4, 0.5) is 4.39 Å². The van der Waals surface area contributed by atoms with Gasteiger partial charge in [-0.05, 0) is 86.8 Å². The van der Waals surface area contributed by atoms with Crippen molar-refractivity contribution in [2.75, 3.05) is 26.7 Å². The van der Waals surface area contributed by atoms with Crippen LogP contribution < -0.4 is 0 Å². The summed E-state index contributed by atoms with van der Waals surface area (Å²) in [6, 6.07) is 7.20. The molecule has 1 saturated heterocycles. The lowest BCUT2D eigenvalue weighted by atomic mass is 9.49. The highest BCUT2D eigenvalue weighted by Gasteiger charge is 2.55. The van der Waals surface area contributed by atoms with Crippen molar-refractivity contribution in [3.05, 3.63) is 35.6 Å². The number of halogens is 1. The standard InChI is InChI=1S/C24H33FN2O/c1-26(23(28)24-13-18-10-19(14-24)12-20(11-18)15-24)22-7-9-27(16-22)8-6-17-2-4-21(25)5-3-17/h2-5,18-20,22H,6-16H2,1H3/t18?,19?,20?,22-,24?/m0/s1. The van der Waals surface area contributed by atoms with Crippen LogP contribution in [-0.4, -0.2) is 48.4 Å². The van der Waals surface area contributed by atoms with Crippen LogP contribution in [0.1, 0.15) is 50.5 Å². The molecule has 1 amide bonds. The van der Waals surface area contributed by atoms with Gasteiger partial charge in [0.25, 0.3) is 0 Å². The first-order valence-electron chi connectivity index (χ1n) is 11.2. The first-order chi connectivity index (χ1) is 13.5. The van der Waals surface area contributed by atoms with Crippen LogP contribution in [0.3, 0.4) is 0 Å². The smallest absolute Gasteiger partial charge is 0.228 e. The van der Waals surface area contributed by atoms with Crippen LogP contribution in [0.2, 0.25) is 0 Å². The van der Waals surface area contributed by atoms with E-state index in [1.807, 2.05) is 12.1 Å². The molecular formula is C24H33FN2O. The molecular weight excluding hydrogens is 351 g/mol. The molecule has 1 heterocycles. The maximum atomic E-state index is 13.6. The number of carbonyl (C=O) groups excluding carboxylic acids is 1. The number of carbonyl (C=O) groups is 1. The minimum Gasteiger partial charge on any atom is -0.341 e. The molecule has 0 unspecified atom stereocenters. The van der Waals surface area contributed by atoms with E-state index in [0.29, 0.717) is 11.9 Å². The second-order valence-electron chi connectivity index (χ2n) is 10.2. The van der Waals surface area contributed by atoms with E-state index in [2.05, 4.69) is 16.8 Å². The zero-order valence-electron chi connectivity index (χ0n) is 17.1. The van der Waals surface area contributed by atoms with Gasteiger partial charge < -0.3 is 9.80 Å². The van der Waals surface area contributed by atoms with Gasteiger partial charge in [-0.25, -0.2) is 4.39 Å². The lowest BCUT2D eigenvalue weighted by Crippen LogP contribution is -2.55. The van der Waals surface area contributed by atoms with E-state index in [-0.39, 0.29) is 11.2 Å². The lowest BCUT2D eigenvalue weighted by molar-refractivity contribution is -0.158. The maximum absolute atomic E-state index is 13.6. The largest absolute Gasteiger partial charge is 0.341 e. The van der Waals surface area contributed by atoms with Gasteiger partial charge in [0, 0.05) is 32.7 Å². The van der Waals surface area contributed by atoms with Gasteiger partial charge in [-0.1, -0.05) is 12.1 Å². The SMILES string of the molecule is CN(C(=O)C12CC3CC(CC(C3)C1)C2)[C@H]1CCN(CCc2ccc(F)cc2)C1. The summed E-state index contributed by atoms with van der Waals surface area (Å²) in [6.45, 7) is 3.03. The topological polar surface area (TPSA) is 23.6 Å². The van der Waals surface area contributed by atoms with Crippen LogP contribution in [0.15, 0.2) is 24.3 Å². The van der Waals surface area contributed by atoms with E-state index in [1.165, 1.54) is 24.8 Å². The number of likely N-dealkylation sites (tertiary alicyclic amines) is 1. The minimum absolute atomic E-state index is 0.0228. The van der Waals surface area contributed by atoms with Gasteiger partial charge in [0.05, 0.1) is 5.41 Å². The zero-order valence-corrected chi connectivity index (χ0v) is 17.1. The highest BCUT2D eigenvalue weighted by Crippen LogP contribution is 2.60. The summed E-state index contributed by atoms with van der Waals surface area (Å²) >= 11 is 0. The molecule has 4 aliphatic carbocycles.